The van der Waals surface area contributed by atoms with E-state index in [4.69, 9.17) is 0 Å². The molecule has 0 aromatic carbocycles. The van der Waals surface area contributed by atoms with Gasteiger partial charge in [0.2, 0.25) is 5.91 Å². The van der Waals surface area contributed by atoms with Gasteiger partial charge in [0.15, 0.2) is 0 Å². The first kappa shape index (κ1) is 8.80. The Morgan fingerprint density at radius 1 is 1.46 bits per heavy atom. The summed E-state index contributed by atoms with van der Waals surface area (Å²) in [4.78, 5) is 11.2. The van der Waals surface area contributed by atoms with Crippen LogP contribution in [0.25, 0.3) is 0 Å². The Kier molecular flexibility index (Phi) is 1.61. The Labute approximate surface area is 72.7 Å². The Morgan fingerprint density at radius 3 is 2.46 bits per heavy atom. The van der Waals surface area contributed by atoms with E-state index in [0.717, 1.165) is 0 Å². The molecule has 2 rings (SSSR count). The van der Waals surface area contributed by atoms with E-state index in [-0.39, 0.29) is 19.5 Å². The van der Waals surface area contributed by atoms with E-state index in [0.29, 0.717) is 0 Å². The third kappa shape index (κ3) is 1.04. The van der Waals surface area contributed by atoms with E-state index in [1.54, 1.807) is 0 Å². The molecule has 2 atom stereocenters. The van der Waals surface area contributed by atoms with Crippen LogP contribution in [0.2, 0.25) is 0 Å². The van der Waals surface area contributed by atoms with E-state index in [9.17, 15) is 18.0 Å². The molecule has 1 heterocycles. The Balaban J connectivity index is 2.21. The van der Waals surface area contributed by atoms with Gasteiger partial charge in [0.1, 0.15) is 5.54 Å². The van der Waals surface area contributed by atoms with Crippen LogP contribution in [0.4, 0.5) is 13.2 Å². The maximum Gasteiger partial charge on any atom is 0.394 e. The number of carbonyl (C=O) groups is 1. The van der Waals surface area contributed by atoms with Crippen molar-refractivity contribution in [3.8, 4) is 0 Å². The summed E-state index contributed by atoms with van der Waals surface area (Å²) >= 11 is 0. The van der Waals surface area contributed by atoms with Crippen molar-refractivity contribution in [1.82, 2.24) is 10.6 Å². The number of alkyl halides is 3. The molecule has 1 amide bonds. The lowest BCUT2D eigenvalue weighted by molar-refractivity contribution is -0.220. The molecule has 74 valence electrons. The van der Waals surface area contributed by atoms with Crippen LogP contribution in [0.15, 0.2) is 0 Å². The molecule has 2 unspecified atom stereocenters. The molecule has 2 N–H and O–H groups in total. The summed E-state index contributed by atoms with van der Waals surface area (Å²) in [5.74, 6) is -2.02. The molecule has 0 aromatic rings. The van der Waals surface area contributed by atoms with Gasteiger partial charge >= 0.3 is 6.18 Å². The summed E-state index contributed by atoms with van der Waals surface area (Å²) in [5.41, 5.74) is -1.35. The normalized spacial score (nSPS) is 39.0. The summed E-state index contributed by atoms with van der Waals surface area (Å²) in [6.45, 7) is 0.144. The highest BCUT2D eigenvalue weighted by atomic mass is 19.4. The summed E-state index contributed by atoms with van der Waals surface area (Å²) in [7, 11) is 0. The van der Waals surface area contributed by atoms with Gasteiger partial charge in [-0.1, -0.05) is 0 Å². The van der Waals surface area contributed by atoms with Crippen molar-refractivity contribution in [1.29, 1.82) is 0 Å². The summed E-state index contributed by atoms with van der Waals surface area (Å²) in [5, 5.41) is 4.96. The Bertz CT molecular complexity index is 253. The van der Waals surface area contributed by atoms with Crippen molar-refractivity contribution in [2.75, 3.05) is 6.67 Å². The zero-order valence-electron chi connectivity index (χ0n) is 6.74. The van der Waals surface area contributed by atoms with Crippen molar-refractivity contribution < 1.29 is 18.0 Å². The monoisotopic (exact) mass is 194 g/mol. The highest BCUT2D eigenvalue weighted by molar-refractivity contribution is 5.89. The minimum Gasteiger partial charge on any atom is -0.342 e. The van der Waals surface area contributed by atoms with Gasteiger partial charge in [0.05, 0.1) is 12.6 Å². The minimum atomic E-state index is -4.27. The second kappa shape index (κ2) is 2.37. The van der Waals surface area contributed by atoms with E-state index in [1.807, 2.05) is 0 Å². The number of hydrogen-bond donors (Lipinski definition) is 2. The lowest BCUT2D eigenvalue weighted by atomic mass is 9.66. The highest BCUT2D eigenvalue weighted by Crippen LogP contribution is 2.49. The van der Waals surface area contributed by atoms with E-state index < -0.39 is 23.5 Å². The average Bonchev–Trinajstić information content (AvgIpc) is 2.26. The summed E-state index contributed by atoms with van der Waals surface area (Å²) < 4.78 is 37.1. The molecule has 13 heavy (non-hydrogen) atoms. The molecule has 1 spiro atoms. The maximum atomic E-state index is 12.4. The Hall–Kier alpha value is -0.780. The van der Waals surface area contributed by atoms with Crippen LogP contribution >= 0.6 is 0 Å². The quantitative estimate of drug-likeness (QED) is 0.585. The number of rotatable bonds is 0. The fraction of sp³-hybridized carbons (Fsp3) is 0.857. The van der Waals surface area contributed by atoms with Crippen LogP contribution in [0.5, 0.6) is 0 Å². The fourth-order valence-electron chi connectivity index (χ4n) is 2.02. The average molecular weight is 194 g/mol. The van der Waals surface area contributed by atoms with Crippen molar-refractivity contribution in [3.63, 3.8) is 0 Å². The minimum absolute atomic E-state index is 0.0456. The van der Waals surface area contributed by atoms with Crippen LogP contribution in [0.1, 0.15) is 12.8 Å². The van der Waals surface area contributed by atoms with E-state index >= 15 is 0 Å². The molecule has 2 aliphatic rings. The van der Waals surface area contributed by atoms with Crippen molar-refractivity contribution >= 4 is 5.91 Å². The molecule has 6 heteroatoms. The van der Waals surface area contributed by atoms with Crippen molar-refractivity contribution in [2.24, 2.45) is 5.92 Å². The molecule has 1 saturated heterocycles. The molecule has 1 saturated carbocycles. The predicted octanol–water partition coefficient (Wildman–Crippen LogP) is 0.374. The molecular formula is C7H9F3N2O. The number of halogens is 3. The zero-order valence-corrected chi connectivity index (χ0v) is 6.74. The molecule has 0 bridgehead atoms. The first-order chi connectivity index (χ1) is 5.97. The van der Waals surface area contributed by atoms with Crippen LogP contribution in [0, 0.1) is 5.92 Å². The predicted molar refractivity (Wildman–Crippen MR) is 37.7 cm³/mol. The molecular weight excluding hydrogens is 185 g/mol. The molecule has 1 aliphatic heterocycles. The van der Waals surface area contributed by atoms with E-state index in [1.165, 1.54) is 0 Å². The molecule has 0 aromatic heterocycles. The third-order valence-corrected chi connectivity index (χ3v) is 2.88. The second-order valence-electron chi connectivity index (χ2n) is 3.46. The lowest BCUT2D eigenvalue weighted by Crippen LogP contribution is -2.64. The van der Waals surface area contributed by atoms with Crippen LogP contribution in [-0.4, -0.2) is 24.3 Å². The Morgan fingerprint density at radius 2 is 2.15 bits per heavy atom. The SMILES string of the molecule is O=C1NCNC12CCC2C(F)(F)F. The zero-order chi connectivity index (χ0) is 9.69. The van der Waals surface area contributed by atoms with Gasteiger partial charge in [-0.3, -0.25) is 10.1 Å². The number of carbonyl (C=O) groups excluding carboxylic acids is 1. The van der Waals surface area contributed by atoms with Gasteiger partial charge in [0.25, 0.3) is 0 Å². The van der Waals surface area contributed by atoms with Gasteiger partial charge in [-0.15, -0.1) is 0 Å². The smallest absolute Gasteiger partial charge is 0.342 e. The first-order valence-electron chi connectivity index (χ1n) is 4.07. The number of amides is 1. The second-order valence-corrected chi connectivity index (χ2v) is 3.46. The first-order valence-corrected chi connectivity index (χ1v) is 4.07. The number of hydrogen-bond acceptors (Lipinski definition) is 2. The van der Waals surface area contributed by atoms with Gasteiger partial charge in [0, 0.05) is 0 Å². The van der Waals surface area contributed by atoms with Gasteiger partial charge in [-0.25, -0.2) is 0 Å². The van der Waals surface area contributed by atoms with Crippen LogP contribution < -0.4 is 10.6 Å². The fourth-order valence-corrected chi connectivity index (χ4v) is 2.02. The third-order valence-electron chi connectivity index (χ3n) is 2.88. The van der Waals surface area contributed by atoms with Crippen LogP contribution in [0.3, 0.4) is 0 Å². The molecule has 2 fully saturated rings. The summed E-state index contributed by atoms with van der Waals surface area (Å²) in [6, 6.07) is 0. The van der Waals surface area contributed by atoms with E-state index in [2.05, 4.69) is 10.6 Å². The van der Waals surface area contributed by atoms with Crippen molar-refractivity contribution in [3.05, 3.63) is 0 Å². The largest absolute Gasteiger partial charge is 0.394 e. The topological polar surface area (TPSA) is 41.1 Å². The molecule has 1 aliphatic carbocycles. The highest BCUT2D eigenvalue weighted by Gasteiger charge is 2.64. The van der Waals surface area contributed by atoms with Gasteiger partial charge in [-0.05, 0) is 12.8 Å². The number of nitrogens with one attached hydrogen (secondary N) is 2. The maximum absolute atomic E-state index is 12.4. The lowest BCUT2D eigenvalue weighted by Gasteiger charge is -2.45. The molecule has 3 nitrogen and oxygen atoms in total. The van der Waals surface area contributed by atoms with Gasteiger partial charge in [-0.2, -0.15) is 13.2 Å². The van der Waals surface area contributed by atoms with Crippen molar-refractivity contribution in [2.45, 2.75) is 24.6 Å². The van der Waals surface area contributed by atoms with Gasteiger partial charge < -0.3 is 5.32 Å². The summed E-state index contributed by atoms with van der Waals surface area (Å²) in [6.07, 6.45) is -3.94. The molecule has 0 radical (unpaired) electrons. The van der Waals surface area contributed by atoms with Crippen LogP contribution in [-0.2, 0) is 4.79 Å². The standard InChI is InChI=1S/C7H9F3N2O/c8-7(9,10)4-1-2-6(4)5(13)11-3-12-6/h4,12H,1-3H2,(H,11,13).